The molecule has 0 saturated carbocycles. The number of rotatable bonds is 3. The summed E-state index contributed by atoms with van der Waals surface area (Å²) >= 11 is 1.63. The molecule has 5 heteroatoms. The molecular formula is C15H15N3OS. The van der Waals surface area contributed by atoms with E-state index in [9.17, 15) is 4.79 Å². The van der Waals surface area contributed by atoms with Gasteiger partial charge in [-0.2, -0.15) is 0 Å². The number of fused-ring (bicyclic) bond motifs is 1. The Morgan fingerprint density at radius 2 is 2.20 bits per heavy atom. The molecule has 3 rings (SSSR count). The summed E-state index contributed by atoms with van der Waals surface area (Å²) < 4.78 is 0. The number of nitrogens with one attached hydrogen (secondary N) is 2. The second-order valence-corrected chi connectivity index (χ2v) is 5.72. The first kappa shape index (κ1) is 12.7. The summed E-state index contributed by atoms with van der Waals surface area (Å²) in [6.07, 6.45) is 0. The van der Waals surface area contributed by atoms with E-state index in [1.165, 1.54) is 0 Å². The van der Waals surface area contributed by atoms with Crippen molar-refractivity contribution in [2.45, 2.75) is 13.0 Å². The maximum absolute atomic E-state index is 12.2. The summed E-state index contributed by atoms with van der Waals surface area (Å²) in [7, 11) is 0. The van der Waals surface area contributed by atoms with Crippen molar-refractivity contribution >= 4 is 33.8 Å². The van der Waals surface area contributed by atoms with Crippen molar-refractivity contribution in [1.29, 1.82) is 0 Å². The third-order valence-electron chi connectivity index (χ3n) is 3.21. The third kappa shape index (κ3) is 2.40. The first-order valence-electron chi connectivity index (χ1n) is 6.36. The molecule has 4 nitrogen and oxygen atoms in total. The van der Waals surface area contributed by atoms with Crippen LogP contribution in [-0.2, 0) is 0 Å². The molecule has 0 aliphatic carbocycles. The minimum absolute atomic E-state index is 0.000943. The number of hydrogen-bond donors (Lipinski definition) is 3. The van der Waals surface area contributed by atoms with Crippen LogP contribution in [0.1, 0.15) is 28.3 Å². The lowest BCUT2D eigenvalue weighted by molar-refractivity contribution is 0.0936. The predicted octanol–water partition coefficient (Wildman–Crippen LogP) is 3.30. The Morgan fingerprint density at radius 3 is 2.95 bits per heavy atom. The van der Waals surface area contributed by atoms with Gasteiger partial charge < -0.3 is 16.0 Å². The molecule has 0 aliphatic rings. The number of thiophene rings is 1. The van der Waals surface area contributed by atoms with Crippen LogP contribution in [0.3, 0.4) is 0 Å². The highest BCUT2D eigenvalue weighted by atomic mass is 32.1. The van der Waals surface area contributed by atoms with Gasteiger partial charge in [0.05, 0.1) is 6.04 Å². The summed E-state index contributed by atoms with van der Waals surface area (Å²) in [5.41, 5.74) is 7.89. The zero-order valence-corrected chi connectivity index (χ0v) is 11.8. The van der Waals surface area contributed by atoms with Gasteiger partial charge in [0.1, 0.15) is 5.69 Å². The van der Waals surface area contributed by atoms with Crippen LogP contribution in [0.15, 0.2) is 41.8 Å². The summed E-state index contributed by atoms with van der Waals surface area (Å²) in [5, 5.41) is 5.93. The lowest BCUT2D eigenvalue weighted by atomic mass is 10.2. The van der Waals surface area contributed by atoms with Crippen LogP contribution >= 0.6 is 11.3 Å². The van der Waals surface area contributed by atoms with E-state index in [1.54, 1.807) is 11.3 Å². The average Bonchev–Trinajstić information content (AvgIpc) is 3.07. The van der Waals surface area contributed by atoms with Gasteiger partial charge in [-0.15, -0.1) is 11.3 Å². The Hall–Kier alpha value is -2.27. The number of aromatic nitrogens is 1. The number of anilines is 1. The molecule has 0 aliphatic heterocycles. The fraction of sp³-hybridized carbons (Fsp3) is 0.133. The van der Waals surface area contributed by atoms with Gasteiger partial charge in [0, 0.05) is 21.5 Å². The van der Waals surface area contributed by atoms with E-state index >= 15 is 0 Å². The number of aromatic amines is 1. The lowest BCUT2D eigenvalue weighted by Gasteiger charge is -2.10. The lowest BCUT2D eigenvalue weighted by Crippen LogP contribution is -2.26. The van der Waals surface area contributed by atoms with Crippen molar-refractivity contribution in [2.24, 2.45) is 0 Å². The number of carbonyl (C=O) groups excluding carboxylic acids is 1. The van der Waals surface area contributed by atoms with E-state index in [2.05, 4.69) is 10.3 Å². The standard InChI is InChI=1S/C15H15N3OS/c1-9(14-3-2-6-20-14)17-15(19)13-8-10-7-11(16)4-5-12(10)18-13/h2-9,18H,16H2,1H3,(H,17,19). The first-order chi connectivity index (χ1) is 9.63. The quantitative estimate of drug-likeness (QED) is 0.646. The number of nitrogen functional groups attached to an aromatic ring is 1. The van der Waals surface area contributed by atoms with Crippen molar-refractivity contribution < 1.29 is 4.79 Å². The zero-order valence-electron chi connectivity index (χ0n) is 11.0. The molecule has 102 valence electrons. The molecular weight excluding hydrogens is 270 g/mol. The molecule has 0 bridgehead atoms. The highest BCUT2D eigenvalue weighted by Gasteiger charge is 2.14. The molecule has 0 saturated heterocycles. The van der Waals surface area contributed by atoms with Crippen LogP contribution < -0.4 is 11.1 Å². The van der Waals surface area contributed by atoms with Gasteiger partial charge in [0.25, 0.3) is 5.91 Å². The molecule has 0 fully saturated rings. The molecule has 1 aromatic carbocycles. The van der Waals surface area contributed by atoms with E-state index in [0.717, 1.165) is 15.8 Å². The van der Waals surface area contributed by atoms with Gasteiger partial charge in [-0.1, -0.05) is 6.07 Å². The second-order valence-electron chi connectivity index (χ2n) is 4.74. The highest BCUT2D eigenvalue weighted by molar-refractivity contribution is 7.10. The Balaban J connectivity index is 1.82. The highest BCUT2D eigenvalue weighted by Crippen LogP contribution is 2.21. The van der Waals surface area contributed by atoms with Gasteiger partial charge >= 0.3 is 0 Å². The molecule has 0 radical (unpaired) electrons. The Bertz CT molecular complexity index is 746. The minimum atomic E-state index is -0.110. The average molecular weight is 285 g/mol. The van der Waals surface area contributed by atoms with Gasteiger partial charge in [-0.25, -0.2) is 0 Å². The van der Waals surface area contributed by atoms with Crippen molar-refractivity contribution in [3.8, 4) is 0 Å². The molecule has 1 amide bonds. The largest absolute Gasteiger partial charge is 0.399 e. The molecule has 2 aromatic heterocycles. The minimum Gasteiger partial charge on any atom is -0.399 e. The van der Waals surface area contributed by atoms with Crippen molar-refractivity contribution in [1.82, 2.24) is 10.3 Å². The van der Waals surface area contributed by atoms with Crippen LogP contribution in [0.2, 0.25) is 0 Å². The topological polar surface area (TPSA) is 70.9 Å². The van der Waals surface area contributed by atoms with E-state index in [4.69, 9.17) is 5.73 Å². The Kier molecular flexibility index (Phi) is 3.20. The monoisotopic (exact) mass is 285 g/mol. The molecule has 1 atom stereocenters. The maximum Gasteiger partial charge on any atom is 0.268 e. The second kappa shape index (κ2) is 5.02. The molecule has 1 unspecified atom stereocenters. The molecule has 20 heavy (non-hydrogen) atoms. The van der Waals surface area contributed by atoms with Gasteiger partial charge in [-0.05, 0) is 42.6 Å². The normalized spacial score (nSPS) is 12.4. The fourth-order valence-corrected chi connectivity index (χ4v) is 2.89. The van der Waals surface area contributed by atoms with E-state index < -0.39 is 0 Å². The van der Waals surface area contributed by atoms with E-state index in [-0.39, 0.29) is 11.9 Å². The number of carbonyl (C=O) groups is 1. The van der Waals surface area contributed by atoms with Crippen LogP contribution in [0, 0.1) is 0 Å². The van der Waals surface area contributed by atoms with Crippen molar-refractivity contribution in [3.05, 3.63) is 52.3 Å². The molecule has 0 spiro atoms. The van der Waals surface area contributed by atoms with E-state index in [0.29, 0.717) is 11.4 Å². The Morgan fingerprint density at radius 1 is 1.35 bits per heavy atom. The number of H-pyrrole nitrogens is 1. The van der Waals surface area contributed by atoms with Gasteiger partial charge in [-0.3, -0.25) is 4.79 Å². The number of nitrogens with two attached hydrogens (primary N) is 1. The zero-order chi connectivity index (χ0) is 14.1. The number of hydrogen-bond acceptors (Lipinski definition) is 3. The summed E-state index contributed by atoms with van der Waals surface area (Å²) in [6.45, 7) is 1.98. The predicted molar refractivity (Wildman–Crippen MR) is 82.9 cm³/mol. The molecule has 2 heterocycles. The maximum atomic E-state index is 12.2. The third-order valence-corrected chi connectivity index (χ3v) is 4.26. The van der Waals surface area contributed by atoms with Crippen LogP contribution in [0.4, 0.5) is 5.69 Å². The van der Waals surface area contributed by atoms with Crippen LogP contribution in [0.5, 0.6) is 0 Å². The summed E-state index contributed by atoms with van der Waals surface area (Å²) in [5.74, 6) is -0.110. The number of benzene rings is 1. The van der Waals surface area contributed by atoms with Crippen LogP contribution in [-0.4, -0.2) is 10.9 Å². The van der Waals surface area contributed by atoms with Crippen molar-refractivity contribution in [3.63, 3.8) is 0 Å². The molecule has 4 N–H and O–H groups in total. The van der Waals surface area contributed by atoms with Crippen molar-refractivity contribution in [2.75, 3.05) is 5.73 Å². The van der Waals surface area contributed by atoms with Gasteiger partial charge in [0.2, 0.25) is 0 Å². The summed E-state index contributed by atoms with van der Waals surface area (Å²) in [6, 6.07) is 11.4. The molecule has 3 aromatic rings. The smallest absolute Gasteiger partial charge is 0.268 e. The fourth-order valence-electron chi connectivity index (χ4n) is 2.16. The van der Waals surface area contributed by atoms with Gasteiger partial charge in [0.15, 0.2) is 0 Å². The summed E-state index contributed by atoms with van der Waals surface area (Å²) in [4.78, 5) is 16.5. The van der Waals surface area contributed by atoms with E-state index in [1.807, 2.05) is 48.7 Å². The van der Waals surface area contributed by atoms with Crippen LogP contribution in [0.25, 0.3) is 10.9 Å². The first-order valence-corrected chi connectivity index (χ1v) is 7.24. The Labute approximate surface area is 120 Å². The number of amides is 1. The SMILES string of the molecule is CC(NC(=O)c1cc2cc(N)ccc2[nH]1)c1cccs1.